The number of piperazine rings is 1. The number of benzene rings is 2. The summed E-state index contributed by atoms with van der Waals surface area (Å²) in [6.07, 6.45) is 0.381. The smallest absolute Gasteiger partial charge is 0.387 e. The van der Waals surface area contributed by atoms with E-state index in [1.54, 1.807) is 0 Å². The second kappa shape index (κ2) is 10.2. The Hall–Kier alpha value is -3.00. The fourth-order valence-electron chi connectivity index (χ4n) is 3.27. The van der Waals surface area contributed by atoms with E-state index in [0.29, 0.717) is 38.3 Å². The van der Waals surface area contributed by atoms with E-state index in [4.69, 9.17) is 0 Å². The fourth-order valence-corrected chi connectivity index (χ4v) is 3.27. The van der Waals surface area contributed by atoms with Crippen molar-refractivity contribution >= 4 is 17.5 Å². The summed E-state index contributed by atoms with van der Waals surface area (Å²) in [6, 6.07) is 13.7. The monoisotopic (exact) mass is 417 g/mol. The summed E-state index contributed by atoms with van der Waals surface area (Å²) in [5.74, 6) is -0.0690. The van der Waals surface area contributed by atoms with Crippen molar-refractivity contribution in [3.8, 4) is 5.75 Å². The molecule has 30 heavy (non-hydrogen) atoms. The van der Waals surface area contributed by atoms with E-state index in [-0.39, 0.29) is 24.1 Å². The van der Waals surface area contributed by atoms with E-state index in [0.717, 1.165) is 11.1 Å². The number of anilines is 1. The van der Waals surface area contributed by atoms with Gasteiger partial charge in [0, 0.05) is 31.9 Å². The molecule has 0 unspecified atom stereocenters. The van der Waals surface area contributed by atoms with Gasteiger partial charge in [-0.2, -0.15) is 8.78 Å². The Morgan fingerprint density at radius 2 is 1.63 bits per heavy atom. The molecule has 1 saturated heterocycles. The molecular formula is C22H25F2N3O3. The van der Waals surface area contributed by atoms with Crippen LogP contribution in [-0.2, 0) is 16.0 Å². The second-order valence-electron chi connectivity index (χ2n) is 7.27. The predicted octanol–water partition coefficient (Wildman–Crippen LogP) is 2.92. The van der Waals surface area contributed by atoms with Crippen LogP contribution in [0.3, 0.4) is 0 Å². The van der Waals surface area contributed by atoms with Gasteiger partial charge in [-0.15, -0.1) is 0 Å². The first-order valence-corrected chi connectivity index (χ1v) is 9.79. The minimum atomic E-state index is -2.88. The van der Waals surface area contributed by atoms with Crippen LogP contribution in [0.2, 0.25) is 0 Å². The number of carbonyl (C=O) groups is 2. The van der Waals surface area contributed by atoms with Gasteiger partial charge in [0.15, 0.2) is 0 Å². The van der Waals surface area contributed by atoms with E-state index in [1.807, 2.05) is 41.0 Å². The number of ether oxygens (including phenoxy) is 1. The van der Waals surface area contributed by atoms with Gasteiger partial charge in [0.05, 0.1) is 13.0 Å². The van der Waals surface area contributed by atoms with E-state index in [1.165, 1.54) is 24.3 Å². The number of rotatable bonds is 7. The van der Waals surface area contributed by atoms with Gasteiger partial charge in [0.2, 0.25) is 11.8 Å². The molecule has 6 nitrogen and oxygen atoms in total. The van der Waals surface area contributed by atoms with E-state index < -0.39 is 6.61 Å². The zero-order chi connectivity index (χ0) is 21.5. The van der Waals surface area contributed by atoms with Gasteiger partial charge < -0.3 is 15.0 Å². The summed E-state index contributed by atoms with van der Waals surface area (Å²) in [7, 11) is 0. The van der Waals surface area contributed by atoms with Gasteiger partial charge in [-0.25, -0.2) is 0 Å². The first-order chi connectivity index (χ1) is 14.4. The molecule has 0 radical (unpaired) electrons. The third kappa shape index (κ3) is 6.52. The molecule has 1 fully saturated rings. The number of aryl methyl sites for hydroxylation is 1. The molecule has 0 aromatic heterocycles. The third-order valence-corrected chi connectivity index (χ3v) is 4.93. The Morgan fingerprint density at radius 1 is 1.00 bits per heavy atom. The zero-order valence-electron chi connectivity index (χ0n) is 16.8. The molecule has 0 aliphatic carbocycles. The molecule has 1 aliphatic rings. The van der Waals surface area contributed by atoms with Crippen molar-refractivity contribution in [2.45, 2.75) is 20.0 Å². The fraction of sp³-hybridized carbons (Fsp3) is 0.364. The number of nitrogens with one attached hydrogen (secondary N) is 1. The van der Waals surface area contributed by atoms with Crippen molar-refractivity contribution in [2.75, 3.05) is 38.0 Å². The number of alkyl halides is 2. The lowest BCUT2D eigenvalue weighted by Crippen LogP contribution is -2.50. The minimum Gasteiger partial charge on any atom is -0.435 e. The highest BCUT2D eigenvalue weighted by atomic mass is 19.3. The topological polar surface area (TPSA) is 61.9 Å². The third-order valence-electron chi connectivity index (χ3n) is 4.93. The molecule has 2 aromatic carbocycles. The summed E-state index contributed by atoms with van der Waals surface area (Å²) in [4.78, 5) is 28.5. The lowest BCUT2D eigenvalue weighted by atomic mass is 10.1. The first kappa shape index (κ1) is 21.7. The van der Waals surface area contributed by atoms with Crippen molar-refractivity contribution in [3.63, 3.8) is 0 Å². The van der Waals surface area contributed by atoms with Crippen LogP contribution < -0.4 is 10.1 Å². The normalized spacial score (nSPS) is 14.6. The SMILES string of the molecule is Cc1ccc(CC(=O)N2CCN(CC(=O)Nc3ccc(OC(F)F)cc3)CC2)cc1. The highest BCUT2D eigenvalue weighted by molar-refractivity contribution is 5.92. The van der Waals surface area contributed by atoms with Crippen LogP contribution in [0.5, 0.6) is 5.75 Å². The molecule has 0 atom stereocenters. The van der Waals surface area contributed by atoms with Gasteiger partial charge in [-0.05, 0) is 36.8 Å². The number of hydrogen-bond acceptors (Lipinski definition) is 4. The Morgan fingerprint density at radius 3 is 2.23 bits per heavy atom. The van der Waals surface area contributed by atoms with E-state index >= 15 is 0 Å². The van der Waals surface area contributed by atoms with Crippen molar-refractivity contribution in [1.82, 2.24) is 9.80 Å². The van der Waals surface area contributed by atoms with E-state index in [9.17, 15) is 18.4 Å². The number of nitrogens with zero attached hydrogens (tertiary/aromatic N) is 2. The van der Waals surface area contributed by atoms with Crippen LogP contribution in [0.15, 0.2) is 48.5 Å². The maximum atomic E-state index is 12.5. The largest absolute Gasteiger partial charge is 0.435 e. The van der Waals surface area contributed by atoms with Crippen LogP contribution in [-0.4, -0.2) is 60.9 Å². The summed E-state index contributed by atoms with van der Waals surface area (Å²) in [6.45, 7) is 1.73. The molecule has 1 heterocycles. The van der Waals surface area contributed by atoms with Gasteiger partial charge in [-0.1, -0.05) is 29.8 Å². The van der Waals surface area contributed by atoms with Gasteiger partial charge in [-0.3, -0.25) is 14.5 Å². The highest BCUT2D eigenvalue weighted by Gasteiger charge is 2.22. The molecular weight excluding hydrogens is 392 g/mol. The Balaban J connectivity index is 1.41. The molecule has 2 aromatic rings. The summed E-state index contributed by atoms with van der Waals surface area (Å²) in [5.41, 5.74) is 2.67. The molecule has 8 heteroatoms. The first-order valence-electron chi connectivity index (χ1n) is 9.79. The van der Waals surface area contributed by atoms with Crippen LogP contribution in [0.4, 0.5) is 14.5 Å². The lowest BCUT2D eigenvalue weighted by molar-refractivity contribution is -0.132. The van der Waals surface area contributed by atoms with Crippen molar-refractivity contribution in [1.29, 1.82) is 0 Å². The molecule has 2 amide bonds. The second-order valence-corrected chi connectivity index (χ2v) is 7.27. The number of amides is 2. The quantitative estimate of drug-likeness (QED) is 0.753. The Kier molecular flexibility index (Phi) is 7.35. The molecule has 3 rings (SSSR count). The molecule has 1 N–H and O–H groups in total. The highest BCUT2D eigenvalue weighted by Crippen LogP contribution is 2.17. The number of halogens is 2. The summed E-state index contributed by atoms with van der Waals surface area (Å²) in [5, 5.41) is 2.74. The van der Waals surface area contributed by atoms with Gasteiger partial charge in [0.25, 0.3) is 0 Å². The Bertz CT molecular complexity index is 849. The lowest BCUT2D eigenvalue weighted by Gasteiger charge is -2.34. The average Bonchev–Trinajstić information content (AvgIpc) is 2.71. The zero-order valence-corrected chi connectivity index (χ0v) is 16.8. The maximum absolute atomic E-state index is 12.5. The van der Waals surface area contributed by atoms with Gasteiger partial charge >= 0.3 is 6.61 Å². The summed E-state index contributed by atoms with van der Waals surface area (Å²) < 4.78 is 28.6. The van der Waals surface area contributed by atoms with Crippen molar-refractivity contribution in [3.05, 3.63) is 59.7 Å². The average molecular weight is 417 g/mol. The standard InChI is InChI=1S/C22H25F2N3O3/c1-16-2-4-17(5-3-16)14-21(29)27-12-10-26(11-13-27)15-20(28)25-18-6-8-19(9-7-18)30-22(23)24/h2-9,22H,10-15H2,1H3,(H,25,28). The molecule has 0 saturated carbocycles. The minimum absolute atomic E-state index is 0.0365. The van der Waals surface area contributed by atoms with Crippen molar-refractivity contribution < 1.29 is 23.1 Å². The maximum Gasteiger partial charge on any atom is 0.387 e. The predicted molar refractivity (Wildman–Crippen MR) is 110 cm³/mol. The molecule has 0 bridgehead atoms. The number of hydrogen-bond donors (Lipinski definition) is 1. The number of carbonyl (C=O) groups excluding carboxylic acids is 2. The molecule has 0 spiro atoms. The Labute approximate surface area is 174 Å². The summed E-state index contributed by atoms with van der Waals surface area (Å²) >= 11 is 0. The van der Waals surface area contributed by atoms with Crippen LogP contribution in [0.1, 0.15) is 11.1 Å². The van der Waals surface area contributed by atoms with Crippen LogP contribution in [0, 0.1) is 6.92 Å². The van der Waals surface area contributed by atoms with Crippen LogP contribution in [0.25, 0.3) is 0 Å². The molecule has 160 valence electrons. The van der Waals surface area contributed by atoms with Crippen LogP contribution >= 0.6 is 0 Å². The van der Waals surface area contributed by atoms with Crippen molar-refractivity contribution in [2.24, 2.45) is 0 Å². The molecule has 1 aliphatic heterocycles. The van der Waals surface area contributed by atoms with E-state index in [2.05, 4.69) is 10.1 Å². The van der Waals surface area contributed by atoms with Gasteiger partial charge in [0.1, 0.15) is 5.75 Å².